The van der Waals surface area contributed by atoms with E-state index in [4.69, 9.17) is 5.26 Å². The molecule has 3 rings (SSSR count). The van der Waals surface area contributed by atoms with E-state index in [-0.39, 0.29) is 0 Å². The second-order valence-corrected chi connectivity index (χ2v) is 5.51. The number of hydrogen-bond donors (Lipinski definition) is 1. The molecule has 0 saturated heterocycles. The molecule has 0 atom stereocenters. The summed E-state index contributed by atoms with van der Waals surface area (Å²) in [7, 11) is 0. The van der Waals surface area contributed by atoms with Gasteiger partial charge in [-0.1, -0.05) is 12.1 Å². The average Bonchev–Trinajstić information content (AvgIpc) is 3.04. The van der Waals surface area contributed by atoms with Crippen molar-refractivity contribution in [2.45, 2.75) is 11.4 Å². The van der Waals surface area contributed by atoms with Crippen molar-refractivity contribution < 1.29 is 0 Å². The molecule has 1 aromatic carbocycles. The van der Waals surface area contributed by atoms with Crippen LogP contribution in [0.5, 0.6) is 0 Å². The van der Waals surface area contributed by atoms with Gasteiger partial charge in [0.1, 0.15) is 16.7 Å². The Morgan fingerprint density at radius 3 is 2.65 bits per heavy atom. The van der Waals surface area contributed by atoms with Crippen molar-refractivity contribution in [1.29, 1.82) is 10.5 Å². The fraction of sp³-hybridized carbons (Fsp3) is 0.125. The number of nitriles is 2. The minimum atomic E-state index is 0.374. The lowest BCUT2D eigenvalue weighted by atomic mass is 10.1. The number of thioether (sulfide) groups is 1. The molecule has 0 amide bonds. The molecular formula is C16H12N6S. The predicted molar refractivity (Wildman–Crippen MR) is 88.5 cm³/mol. The summed E-state index contributed by atoms with van der Waals surface area (Å²) in [6.07, 6.45) is 3.91. The molecule has 7 heteroatoms. The van der Waals surface area contributed by atoms with Crippen molar-refractivity contribution in [1.82, 2.24) is 14.6 Å². The Bertz CT molecular complexity index is 930. The molecule has 0 fully saturated rings. The molecule has 0 aliphatic carbocycles. The van der Waals surface area contributed by atoms with Gasteiger partial charge in [0.25, 0.3) is 0 Å². The van der Waals surface area contributed by atoms with Crippen molar-refractivity contribution >= 4 is 28.9 Å². The molecule has 0 spiro atoms. The zero-order chi connectivity index (χ0) is 16.2. The van der Waals surface area contributed by atoms with Gasteiger partial charge in [0, 0.05) is 11.8 Å². The summed E-state index contributed by atoms with van der Waals surface area (Å²) in [6, 6.07) is 13.6. The number of nitrogens with one attached hydrogen (secondary N) is 1. The average molecular weight is 320 g/mol. The van der Waals surface area contributed by atoms with E-state index in [0.29, 0.717) is 28.5 Å². The monoisotopic (exact) mass is 320 g/mol. The first kappa shape index (κ1) is 14.9. The topological polar surface area (TPSA) is 89.8 Å². The number of rotatable bonds is 4. The lowest BCUT2D eigenvalue weighted by Gasteiger charge is -2.12. The number of fused-ring (bicyclic) bond motifs is 1. The summed E-state index contributed by atoms with van der Waals surface area (Å²) in [4.78, 5) is 4.43. The fourth-order valence-corrected chi connectivity index (χ4v) is 2.75. The normalized spacial score (nSPS) is 10.2. The van der Waals surface area contributed by atoms with Gasteiger partial charge in [-0.25, -0.2) is 4.98 Å². The van der Waals surface area contributed by atoms with E-state index in [1.807, 2.05) is 30.5 Å². The molecular weight excluding hydrogens is 308 g/mol. The minimum Gasteiger partial charge on any atom is -0.339 e. The Labute approximate surface area is 137 Å². The third-order valence-corrected chi connectivity index (χ3v) is 3.99. The SMILES string of the molecule is CSc1nc2ccnn2c(Nc2ccc(CC#N)cc2)c1C#N. The molecule has 0 saturated carbocycles. The fourth-order valence-electron chi connectivity index (χ4n) is 2.22. The van der Waals surface area contributed by atoms with Crippen LogP contribution >= 0.6 is 11.8 Å². The first-order valence-electron chi connectivity index (χ1n) is 6.81. The van der Waals surface area contributed by atoms with Crippen LogP contribution in [0.1, 0.15) is 11.1 Å². The van der Waals surface area contributed by atoms with Crippen LogP contribution < -0.4 is 5.32 Å². The van der Waals surface area contributed by atoms with Crippen molar-refractivity contribution in [3.05, 3.63) is 47.7 Å². The molecule has 0 unspecified atom stereocenters. The highest BCUT2D eigenvalue weighted by Crippen LogP contribution is 2.28. The maximum absolute atomic E-state index is 9.50. The van der Waals surface area contributed by atoms with Crippen LogP contribution in [0.4, 0.5) is 11.5 Å². The van der Waals surface area contributed by atoms with Crippen molar-refractivity contribution in [2.75, 3.05) is 11.6 Å². The maximum atomic E-state index is 9.50. The van der Waals surface area contributed by atoms with Crippen LogP contribution in [0.15, 0.2) is 41.6 Å². The minimum absolute atomic E-state index is 0.374. The zero-order valence-electron chi connectivity index (χ0n) is 12.3. The molecule has 0 radical (unpaired) electrons. The summed E-state index contributed by atoms with van der Waals surface area (Å²) in [5.74, 6) is 0.583. The Balaban J connectivity index is 2.06. The van der Waals surface area contributed by atoms with Gasteiger partial charge in [-0.05, 0) is 24.0 Å². The molecule has 0 bridgehead atoms. The number of benzene rings is 1. The van der Waals surface area contributed by atoms with E-state index in [2.05, 4.69) is 27.5 Å². The van der Waals surface area contributed by atoms with Crippen LogP contribution in [-0.4, -0.2) is 20.9 Å². The van der Waals surface area contributed by atoms with Crippen LogP contribution in [0.25, 0.3) is 5.65 Å². The van der Waals surface area contributed by atoms with Crippen LogP contribution in [0.3, 0.4) is 0 Å². The first-order chi connectivity index (χ1) is 11.3. The highest BCUT2D eigenvalue weighted by Gasteiger charge is 2.15. The number of anilines is 2. The molecule has 112 valence electrons. The van der Waals surface area contributed by atoms with Crippen LogP contribution in [0.2, 0.25) is 0 Å². The van der Waals surface area contributed by atoms with E-state index in [9.17, 15) is 5.26 Å². The van der Waals surface area contributed by atoms with Gasteiger partial charge in [0.15, 0.2) is 11.5 Å². The van der Waals surface area contributed by atoms with Gasteiger partial charge in [-0.3, -0.25) is 0 Å². The summed E-state index contributed by atoms with van der Waals surface area (Å²) in [6.45, 7) is 0. The number of hydrogen-bond acceptors (Lipinski definition) is 6. The Kier molecular flexibility index (Phi) is 4.13. The van der Waals surface area contributed by atoms with E-state index in [1.54, 1.807) is 16.8 Å². The van der Waals surface area contributed by atoms with Gasteiger partial charge in [-0.2, -0.15) is 20.1 Å². The van der Waals surface area contributed by atoms with Gasteiger partial charge in [0.05, 0.1) is 18.7 Å². The second-order valence-electron chi connectivity index (χ2n) is 4.71. The Morgan fingerprint density at radius 1 is 1.22 bits per heavy atom. The molecule has 0 aliphatic heterocycles. The number of nitrogens with zero attached hydrogens (tertiary/aromatic N) is 5. The highest BCUT2D eigenvalue weighted by molar-refractivity contribution is 7.98. The van der Waals surface area contributed by atoms with Gasteiger partial charge >= 0.3 is 0 Å². The summed E-state index contributed by atoms with van der Waals surface area (Å²) < 4.78 is 1.61. The molecule has 0 aliphatic rings. The zero-order valence-corrected chi connectivity index (χ0v) is 13.1. The second kappa shape index (κ2) is 6.39. The van der Waals surface area contributed by atoms with Crippen molar-refractivity contribution in [3.63, 3.8) is 0 Å². The van der Waals surface area contributed by atoms with E-state index in [0.717, 1.165) is 11.3 Å². The predicted octanol–water partition coefficient (Wildman–Crippen LogP) is 3.13. The van der Waals surface area contributed by atoms with Crippen LogP contribution in [-0.2, 0) is 6.42 Å². The van der Waals surface area contributed by atoms with Gasteiger partial charge in [-0.15, -0.1) is 11.8 Å². The highest BCUT2D eigenvalue weighted by atomic mass is 32.2. The molecule has 2 aromatic heterocycles. The van der Waals surface area contributed by atoms with Crippen molar-refractivity contribution in [2.24, 2.45) is 0 Å². The maximum Gasteiger partial charge on any atom is 0.158 e. The lowest BCUT2D eigenvalue weighted by molar-refractivity contribution is 0.916. The summed E-state index contributed by atoms with van der Waals surface area (Å²) >= 11 is 1.42. The smallest absolute Gasteiger partial charge is 0.158 e. The molecule has 3 aromatic rings. The quantitative estimate of drug-likeness (QED) is 0.587. The third kappa shape index (κ3) is 2.83. The molecule has 23 heavy (non-hydrogen) atoms. The number of aromatic nitrogens is 3. The van der Waals surface area contributed by atoms with E-state index in [1.165, 1.54) is 11.8 Å². The lowest BCUT2D eigenvalue weighted by Crippen LogP contribution is -2.06. The van der Waals surface area contributed by atoms with Crippen LogP contribution in [0, 0.1) is 22.7 Å². The van der Waals surface area contributed by atoms with E-state index < -0.39 is 0 Å². The van der Waals surface area contributed by atoms with E-state index >= 15 is 0 Å². The molecule has 1 N–H and O–H groups in total. The van der Waals surface area contributed by atoms with Gasteiger partial charge in [0.2, 0.25) is 0 Å². The largest absolute Gasteiger partial charge is 0.339 e. The summed E-state index contributed by atoms with van der Waals surface area (Å²) in [5.41, 5.74) is 2.90. The van der Waals surface area contributed by atoms with Crippen molar-refractivity contribution in [3.8, 4) is 12.1 Å². The Hall–Kier alpha value is -3.03. The third-order valence-electron chi connectivity index (χ3n) is 3.31. The summed E-state index contributed by atoms with van der Waals surface area (Å²) in [5, 5.41) is 26.4. The van der Waals surface area contributed by atoms with Gasteiger partial charge < -0.3 is 5.32 Å². The first-order valence-corrected chi connectivity index (χ1v) is 8.04. The molecule has 2 heterocycles. The standard InChI is InChI=1S/C16H12N6S/c1-23-16-13(10-18)15(22-14(21-16)7-9-19-22)20-12-4-2-11(3-5-12)6-8-17/h2-5,7,9,20H,6H2,1H3. The Morgan fingerprint density at radius 2 is 2.00 bits per heavy atom. The molecule has 6 nitrogen and oxygen atoms in total.